The molecule has 4 rings (SSSR count). The molecule has 0 N–H and O–H groups in total. The molecule has 3 aromatic rings. The van der Waals surface area contributed by atoms with Gasteiger partial charge in [0.15, 0.2) is 0 Å². The maximum atomic E-state index is 13.0. The summed E-state index contributed by atoms with van der Waals surface area (Å²) in [6.07, 6.45) is 2.56. The number of nitro groups is 1. The minimum absolute atomic E-state index is 0.0432. The van der Waals surface area contributed by atoms with Crippen LogP contribution >= 0.6 is 11.8 Å². The summed E-state index contributed by atoms with van der Waals surface area (Å²) in [5.74, 6) is 0.264. The van der Waals surface area contributed by atoms with E-state index in [0.29, 0.717) is 22.8 Å². The Kier molecular flexibility index (Phi) is 6.23. The molecule has 0 bridgehead atoms. The SMILES string of the molecule is CCCOc1ccc2ccccc2c1C=C1SC(=O)N(Cc2ccc([N+](=O)[O-])cc2)C1=O. The van der Waals surface area contributed by atoms with Crippen molar-refractivity contribution < 1.29 is 19.2 Å². The first-order valence-electron chi connectivity index (χ1n) is 10.1. The van der Waals surface area contributed by atoms with Crippen LogP contribution in [0.2, 0.25) is 0 Å². The molecule has 0 spiro atoms. The van der Waals surface area contributed by atoms with Crippen LogP contribution in [0.5, 0.6) is 5.75 Å². The van der Waals surface area contributed by atoms with Gasteiger partial charge in [0.25, 0.3) is 16.8 Å². The van der Waals surface area contributed by atoms with Crippen molar-refractivity contribution in [3.05, 3.63) is 86.8 Å². The predicted molar refractivity (Wildman–Crippen MR) is 124 cm³/mol. The molecule has 0 aliphatic carbocycles. The summed E-state index contributed by atoms with van der Waals surface area (Å²) >= 11 is 0.880. The molecule has 0 saturated carbocycles. The Labute approximate surface area is 188 Å². The summed E-state index contributed by atoms with van der Waals surface area (Å²) < 4.78 is 5.90. The Morgan fingerprint density at radius 3 is 2.53 bits per heavy atom. The van der Waals surface area contributed by atoms with E-state index < -0.39 is 10.8 Å². The van der Waals surface area contributed by atoms with Crippen LogP contribution in [0.1, 0.15) is 24.5 Å². The fraction of sp³-hybridized carbons (Fsp3) is 0.167. The molecule has 1 fully saturated rings. The smallest absolute Gasteiger partial charge is 0.293 e. The number of hydrogen-bond donors (Lipinski definition) is 0. The highest BCUT2D eigenvalue weighted by atomic mass is 32.2. The summed E-state index contributed by atoms with van der Waals surface area (Å²) in [6, 6.07) is 17.5. The van der Waals surface area contributed by atoms with E-state index in [0.717, 1.165) is 39.4 Å². The second-order valence-electron chi connectivity index (χ2n) is 7.24. The topological polar surface area (TPSA) is 89.8 Å². The van der Waals surface area contributed by atoms with Crippen molar-refractivity contribution >= 4 is 45.4 Å². The summed E-state index contributed by atoms with van der Waals surface area (Å²) in [7, 11) is 0. The third-order valence-corrected chi connectivity index (χ3v) is 5.94. The maximum Gasteiger partial charge on any atom is 0.293 e. The summed E-state index contributed by atoms with van der Waals surface area (Å²) in [5, 5.41) is 12.4. The van der Waals surface area contributed by atoms with Crippen molar-refractivity contribution in [2.24, 2.45) is 0 Å². The average molecular weight is 449 g/mol. The molecule has 0 unspecified atom stereocenters. The molecular formula is C24H20N2O5S. The number of amides is 2. The van der Waals surface area contributed by atoms with Gasteiger partial charge in [-0.1, -0.05) is 49.4 Å². The van der Waals surface area contributed by atoms with Crippen molar-refractivity contribution in [1.82, 2.24) is 4.90 Å². The van der Waals surface area contributed by atoms with Gasteiger partial charge in [0, 0.05) is 17.7 Å². The number of imide groups is 1. The lowest BCUT2D eigenvalue weighted by molar-refractivity contribution is -0.384. The van der Waals surface area contributed by atoms with Crippen molar-refractivity contribution in [2.45, 2.75) is 19.9 Å². The van der Waals surface area contributed by atoms with Gasteiger partial charge in [-0.2, -0.15) is 0 Å². The van der Waals surface area contributed by atoms with Gasteiger partial charge in [0.1, 0.15) is 5.75 Å². The van der Waals surface area contributed by atoms with Crippen LogP contribution in [0.25, 0.3) is 16.8 Å². The van der Waals surface area contributed by atoms with Gasteiger partial charge in [0.2, 0.25) is 0 Å². The second kappa shape index (κ2) is 9.23. The third kappa shape index (κ3) is 4.36. The second-order valence-corrected chi connectivity index (χ2v) is 8.23. The molecule has 0 aromatic heterocycles. The molecule has 0 atom stereocenters. The van der Waals surface area contributed by atoms with E-state index in [2.05, 4.69) is 0 Å². The summed E-state index contributed by atoms with van der Waals surface area (Å²) in [4.78, 5) is 37.4. The standard InChI is InChI=1S/C24H20N2O5S/c1-2-13-31-21-12-9-17-5-3-4-6-19(17)20(21)14-22-23(27)25(24(28)32-22)15-16-7-10-18(11-8-16)26(29)30/h3-12,14H,2,13,15H2,1H3. The van der Waals surface area contributed by atoms with E-state index in [4.69, 9.17) is 4.74 Å². The number of non-ortho nitro benzene ring substituents is 1. The first-order chi connectivity index (χ1) is 15.5. The molecule has 1 heterocycles. The van der Waals surface area contributed by atoms with Crippen LogP contribution in [0.4, 0.5) is 10.5 Å². The molecule has 7 nitrogen and oxygen atoms in total. The minimum Gasteiger partial charge on any atom is -0.493 e. The summed E-state index contributed by atoms with van der Waals surface area (Å²) in [5.41, 5.74) is 1.35. The fourth-order valence-electron chi connectivity index (χ4n) is 3.44. The Bertz CT molecular complexity index is 1240. The number of rotatable bonds is 7. The quantitative estimate of drug-likeness (QED) is 0.259. The summed E-state index contributed by atoms with van der Waals surface area (Å²) in [6.45, 7) is 2.61. The molecule has 8 heteroatoms. The van der Waals surface area contributed by atoms with Gasteiger partial charge in [-0.3, -0.25) is 24.6 Å². The van der Waals surface area contributed by atoms with Crippen LogP contribution in [0.3, 0.4) is 0 Å². The van der Waals surface area contributed by atoms with Crippen LogP contribution in [-0.2, 0) is 11.3 Å². The van der Waals surface area contributed by atoms with E-state index in [9.17, 15) is 19.7 Å². The van der Waals surface area contributed by atoms with Crippen LogP contribution < -0.4 is 4.74 Å². The van der Waals surface area contributed by atoms with E-state index in [1.807, 2.05) is 43.3 Å². The Morgan fingerprint density at radius 1 is 1.06 bits per heavy atom. The number of carbonyl (C=O) groups is 2. The number of nitro benzene ring substituents is 1. The number of thioether (sulfide) groups is 1. The number of benzene rings is 3. The van der Waals surface area contributed by atoms with Crippen LogP contribution in [-0.4, -0.2) is 27.6 Å². The Hall–Kier alpha value is -3.65. The van der Waals surface area contributed by atoms with Gasteiger partial charge >= 0.3 is 0 Å². The molecular weight excluding hydrogens is 428 g/mol. The first kappa shape index (κ1) is 21.6. The zero-order valence-electron chi connectivity index (χ0n) is 17.3. The molecule has 32 heavy (non-hydrogen) atoms. The molecule has 1 aliphatic heterocycles. The van der Waals surface area contributed by atoms with Crippen molar-refractivity contribution in [3.8, 4) is 5.75 Å². The predicted octanol–water partition coefficient (Wildman–Crippen LogP) is 5.77. The fourth-order valence-corrected chi connectivity index (χ4v) is 4.26. The van der Waals surface area contributed by atoms with E-state index in [-0.39, 0.29) is 17.5 Å². The Balaban J connectivity index is 1.65. The third-order valence-electron chi connectivity index (χ3n) is 5.03. The van der Waals surface area contributed by atoms with Gasteiger partial charge in [0.05, 0.1) is 23.0 Å². The number of nitrogens with zero attached hydrogens (tertiary/aromatic N) is 2. The highest BCUT2D eigenvalue weighted by molar-refractivity contribution is 8.18. The number of carbonyl (C=O) groups excluding carboxylic acids is 2. The lowest BCUT2D eigenvalue weighted by Gasteiger charge is -2.13. The van der Waals surface area contributed by atoms with Crippen molar-refractivity contribution in [1.29, 1.82) is 0 Å². The molecule has 162 valence electrons. The van der Waals surface area contributed by atoms with Gasteiger partial charge < -0.3 is 4.74 Å². The lowest BCUT2D eigenvalue weighted by atomic mass is 10.0. The molecule has 0 radical (unpaired) electrons. The lowest BCUT2D eigenvalue weighted by Crippen LogP contribution is -2.27. The van der Waals surface area contributed by atoms with Crippen LogP contribution in [0, 0.1) is 10.1 Å². The number of hydrogen-bond acceptors (Lipinski definition) is 6. The van der Waals surface area contributed by atoms with Gasteiger partial charge in [-0.05, 0) is 46.7 Å². The molecule has 2 amide bonds. The zero-order chi connectivity index (χ0) is 22.7. The largest absolute Gasteiger partial charge is 0.493 e. The maximum absolute atomic E-state index is 13.0. The monoisotopic (exact) mass is 448 g/mol. The molecule has 1 aliphatic rings. The van der Waals surface area contributed by atoms with E-state index >= 15 is 0 Å². The van der Waals surface area contributed by atoms with Crippen molar-refractivity contribution in [2.75, 3.05) is 6.61 Å². The highest BCUT2D eigenvalue weighted by Crippen LogP contribution is 2.37. The number of ether oxygens (including phenoxy) is 1. The molecule has 3 aromatic carbocycles. The highest BCUT2D eigenvalue weighted by Gasteiger charge is 2.35. The molecule has 1 saturated heterocycles. The average Bonchev–Trinajstić information content (AvgIpc) is 3.06. The van der Waals surface area contributed by atoms with Crippen LogP contribution in [0.15, 0.2) is 65.6 Å². The van der Waals surface area contributed by atoms with E-state index in [1.54, 1.807) is 18.2 Å². The minimum atomic E-state index is -0.491. The van der Waals surface area contributed by atoms with E-state index in [1.165, 1.54) is 12.1 Å². The van der Waals surface area contributed by atoms with Gasteiger partial charge in [-0.25, -0.2) is 0 Å². The van der Waals surface area contributed by atoms with Gasteiger partial charge in [-0.15, -0.1) is 0 Å². The normalized spacial score (nSPS) is 15.0. The first-order valence-corrected chi connectivity index (χ1v) is 10.9. The Morgan fingerprint density at radius 2 is 1.81 bits per heavy atom. The number of fused-ring (bicyclic) bond motifs is 1. The zero-order valence-corrected chi connectivity index (χ0v) is 18.1. The van der Waals surface area contributed by atoms with Crippen molar-refractivity contribution in [3.63, 3.8) is 0 Å².